The number of fused-ring (bicyclic) bond motifs is 1. The topological polar surface area (TPSA) is 103 Å². The molecule has 3 aromatic rings. The molecule has 20 heavy (non-hydrogen) atoms. The minimum Gasteiger partial charge on any atom is -0.461 e. The van der Waals surface area contributed by atoms with E-state index in [1.165, 1.54) is 20.4 Å². The van der Waals surface area contributed by atoms with Crippen LogP contribution in [0.1, 0.15) is 0 Å². The van der Waals surface area contributed by atoms with Crippen LogP contribution in [-0.2, 0) is 14.1 Å². The van der Waals surface area contributed by atoms with Gasteiger partial charge in [0.15, 0.2) is 17.2 Å². The Labute approximate surface area is 110 Å². The molecular weight excluding hydrogens is 264 g/mol. The molecule has 0 amide bonds. The largest absolute Gasteiger partial charge is 0.461 e. The van der Waals surface area contributed by atoms with Crippen molar-refractivity contribution in [3.05, 3.63) is 49.6 Å². The first-order valence-electron chi connectivity index (χ1n) is 5.74. The number of hydrogen-bond acceptors (Lipinski definition) is 5. The molecule has 0 saturated carbocycles. The minimum absolute atomic E-state index is 0.0215. The van der Waals surface area contributed by atoms with Crippen LogP contribution in [0.2, 0.25) is 0 Å². The highest BCUT2D eigenvalue weighted by molar-refractivity contribution is 5.74. The van der Waals surface area contributed by atoms with Crippen molar-refractivity contribution in [3.63, 3.8) is 0 Å². The second-order valence-electron chi connectivity index (χ2n) is 4.30. The summed E-state index contributed by atoms with van der Waals surface area (Å²) in [6.07, 6.45) is 1.43. The molecule has 102 valence electrons. The number of furan rings is 1. The van der Waals surface area contributed by atoms with Crippen molar-refractivity contribution in [3.8, 4) is 11.6 Å². The molecule has 0 fully saturated rings. The molecule has 3 rings (SSSR count). The molecule has 3 aromatic heterocycles. The van der Waals surface area contributed by atoms with Crippen molar-refractivity contribution in [2.45, 2.75) is 0 Å². The molecule has 8 nitrogen and oxygen atoms in total. The summed E-state index contributed by atoms with van der Waals surface area (Å²) in [5, 5.41) is -0.162. The van der Waals surface area contributed by atoms with E-state index >= 15 is 0 Å². The van der Waals surface area contributed by atoms with Crippen LogP contribution in [0.4, 0.5) is 0 Å². The first kappa shape index (κ1) is 12.2. The average molecular weight is 274 g/mol. The zero-order chi connectivity index (χ0) is 14.4. The fourth-order valence-electron chi connectivity index (χ4n) is 2.00. The predicted octanol–water partition coefficient (Wildman–Crippen LogP) is -0.420. The number of nitrogens with zero attached hydrogens (tertiary/aromatic N) is 3. The summed E-state index contributed by atoms with van der Waals surface area (Å²) in [5.74, 6) is 0.507. The third-order valence-corrected chi connectivity index (χ3v) is 3.06. The van der Waals surface area contributed by atoms with E-state index in [9.17, 15) is 14.4 Å². The zero-order valence-corrected chi connectivity index (χ0v) is 10.7. The van der Waals surface area contributed by atoms with Gasteiger partial charge >= 0.3 is 5.69 Å². The smallest absolute Gasteiger partial charge is 0.332 e. The van der Waals surface area contributed by atoms with Crippen molar-refractivity contribution >= 4 is 11.0 Å². The Bertz CT molecular complexity index is 976. The Balaban J connectivity index is 2.53. The summed E-state index contributed by atoms with van der Waals surface area (Å²) in [6.45, 7) is 0. The lowest BCUT2D eigenvalue weighted by Gasteiger charge is -2.06. The lowest BCUT2D eigenvalue weighted by molar-refractivity contribution is 0.577. The quantitative estimate of drug-likeness (QED) is 0.649. The molecule has 0 spiro atoms. The van der Waals surface area contributed by atoms with Crippen molar-refractivity contribution in [1.29, 1.82) is 0 Å². The monoisotopic (exact) mass is 274 g/mol. The minimum atomic E-state index is -0.678. The van der Waals surface area contributed by atoms with Gasteiger partial charge < -0.3 is 9.40 Å². The molecule has 0 aliphatic rings. The van der Waals surface area contributed by atoms with Crippen LogP contribution in [0, 0.1) is 0 Å². The summed E-state index contributed by atoms with van der Waals surface area (Å²) in [5.41, 5.74) is -1.82. The Hall–Kier alpha value is -2.90. The second-order valence-corrected chi connectivity index (χ2v) is 4.30. The van der Waals surface area contributed by atoms with Crippen LogP contribution in [0.3, 0.4) is 0 Å². The summed E-state index contributed by atoms with van der Waals surface area (Å²) in [6, 6.07) is 3.26. The Kier molecular flexibility index (Phi) is 2.46. The van der Waals surface area contributed by atoms with Gasteiger partial charge in [-0.1, -0.05) is 0 Å². The molecule has 0 radical (unpaired) electrons. The highest BCUT2D eigenvalue weighted by Crippen LogP contribution is 2.14. The maximum Gasteiger partial charge on any atom is 0.332 e. The lowest BCUT2D eigenvalue weighted by Crippen LogP contribution is -2.39. The molecule has 0 aliphatic heterocycles. The molecule has 0 bridgehead atoms. The van der Waals surface area contributed by atoms with Gasteiger partial charge in [-0.05, 0) is 12.1 Å². The fraction of sp³-hybridized carbons (Fsp3) is 0.167. The van der Waals surface area contributed by atoms with Gasteiger partial charge in [0, 0.05) is 14.1 Å². The molecular formula is C12H10N4O4. The highest BCUT2D eigenvalue weighted by atomic mass is 16.3. The number of aryl methyl sites for hydroxylation is 1. The van der Waals surface area contributed by atoms with E-state index in [1.54, 1.807) is 12.1 Å². The third-order valence-electron chi connectivity index (χ3n) is 3.06. The molecule has 8 heteroatoms. The summed E-state index contributed by atoms with van der Waals surface area (Å²) in [4.78, 5) is 42.5. The van der Waals surface area contributed by atoms with Crippen molar-refractivity contribution in [2.24, 2.45) is 14.1 Å². The van der Waals surface area contributed by atoms with Crippen LogP contribution < -0.4 is 16.8 Å². The fourth-order valence-corrected chi connectivity index (χ4v) is 2.00. The van der Waals surface area contributed by atoms with Gasteiger partial charge in [-0.25, -0.2) is 9.78 Å². The normalized spacial score (nSPS) is 11.1. The second kappa shape index (κ2) is 4.05. The first-order chi connectivity index (χ1) is 9.50. The van der Waals surface area contributed by atoms with Gasteiger partial charge in [0.1, 0.15) is 5.39 Å². The van der Waals surface area contributed by atoms with Crippen LogP contribution in [0.25, 0.3) is 22.6 Å². The lowest BCUT2D eigenvalue weighted by atomic mass is 10.3. The molecule has 0 atom stereocenters. The SMILES string of the molecule is Cn1c(=O)c2c(=O)[nH]c(-c3ccco3)nc2n(C)c1=O. The maximum atomic E-state index is 12.1. The van der Waals surface area contributed by atoms with Gasteiger partial charge in [0.05, 0.1) is 6.26 Å². The Morgan fingerprint density at radius 2 is 1.95 bits per heavy atom. The number of hydrogen-bond donors (Lipinski definition) is 1. The molecule has 0 aromatic carbocycles. The number of aromatic nitrogens is 4. The van der Waals surface area contributed by atoms with Crippen LogP contribution in [0.15, 0.2) is 37.2 Å². The zero-order valence-electron chi connectivity index (χ0n) is 10.7. The van der Waals surface area contributed by atoms with Crippen LogP contribution >= 0.6 is 0 Å². The molecule has 3 heterocycles. The number of H-pyrrole nitrogens is 1. The summed E-state index contributed by atoms with van der Waals surface area (Å²) in [7, 11) is 2.76. The van der Waals surface area contributed by atoms with Crippen molar-refractivity contribution in [1.82, 2.24) is 19.1 Å². The van der Waals surface area contributed by atoms with Gasteiger partial charge in [-0.15, -0.1) is 0 Å². The molecule has 0 unspecified atom stereocenters. The van der Waals surface area contributed by atoms with E-state index in [-0.39, 0.29) is 16.9 Å². The highest BCUT2D eigenvalue weighted by Gasteiger charge is 2.15. The number of nitrogens with one attached hydrogen (secondary N) is 1. The van der Waals surface area contributed by atoms with Crippen LogP contribution in [-0.4, -0.2) is 19.1 Å². The van der Waals surface area contributed by atoms with Gasteiger partial charge in [-0.2, -0.15) is 0 Å². The molecule has 0 aliphatic carbocycles. The van der Waals surface area contributed by atoms with E-state index in [4.69, 9.17) is 4.42 Å². The standard InChI is InChI=1S/C12H10N4O4/c1-15-9-7(11(18)16(2)12(15)19)10(17)14-8(13-9)6-4-3-5-20-6/h3-5H,1-2H3,(H,13,14,17). The predicted molar refractivity (Wildman–Crippen MR) is 70.5 cm³/mol. The van der Waals surface area contributed by atoms with Crippen molar-refractivity contribution in [2.75, 3.05) is 0 Å². The van der Waals surface area contributed by atoms with Gasteiger partial charge in [0.25, 0.3) is 11.1 Å². The van der Waals surface area contributed by atoms with Gasteiger partial charge in [0.2, 0.25) is 0 Å². The van der Waals surface area contributed by atoms with Gasteiger partial charge in [-0.3, -0.25) is 18.7 Å². The average Bonchev–Trinajstić information content (AvgIpc) is 2.96. The Morgan fingerprint density at radius 1 is 1.20 bits per heavy atom. The Morgan fingerprint density at radius 3 is 2.60 bits per heavy atom. The van der Waals surface area contributed by atoms with Crippen molar-refractivity contribution < 1.29 is 4.42 Å². The number of aromatic amines is 1. The maximum absolute atomic E-state index is 12.1. The van der Waals surface area contributed by atoms with E-state index < -0.39 is 16.8 Å². The third kappa shape index (κ3) is 1.54. The first-order valence-corrected chi connectivity index (χ1v) is 5.74. The molecule has 0 saturated heterocycles. The van der Waals surface area contributed by atoms with E-state index in [1.807, 2.05) is 0 Å². The molecule has 1 N–H and O–H groups in total. The van der Waals surface area contributed by atoms with E-state index in [2.05, 4.69) is 9.97 Å². The van der Waals surface area contributed by atoms with E-state index in [0.717, 1.165) is 9.13 Å². The summed E-state index contributed by atoms with van der Waals surface area (Å²) < 4.78 is 7.16. The van der Waals surface area contributed by atoms with E-state index in [0.29, 0.717) is 5.76 Å². The van der Waals surface area contributed by atoms with Crippen LogP contribution in [0.5, 0.6) is 0 Å². The number of rotatable bonds is 1. The summed E-state index contributed by atoms with van der Waals surface area (Å²) >= 11 is 0.